The highest BCUT2D eigenvalue weighted by molar-refractivity contribution is 7.99. The molecule has 1 aliphatic rings. The number of nitrogens with zero attached hydrogens (tertiary/aromatic N) is 1. The van der Waals surface area contributed by atoms with Gasteiger partial charge in [-0.05, 0) is 30.0 Å². The normalized spacial score (nSPS) is 16.0. The van der Waals surface area contributed by atoms with Gasteiger partial charge in [0.1, 0.15) is 0 Å². The van der Waals surface area contributed by atoms with Crippen molar-refractivity contribution in [1.29, 1.82) is 0 Å². The van der Waals surface area contributed by atoms with Gasteiger partial charge in [-0.15, -0.1) is 11.8 Å². The standard InChI is InChI=1S/C19H22N2O2S2/c1-11(2)24-13-7-5-6-12(8-13)17(23)21-18-20-14-9-19(3,4)10-15(22)16(14)25-18/h5-8,11H,9-10H2,1-4H3,(H,20,21,23). The van der Waals surface area contributed by atoms with E-state index in [1.54, 1.807) is 17.8 Å². The molecular formula is C19H22N2O2S2. The maximum absolute atomic E-state index is 12.5. The van der Waals surface area contributed by atoms with Crippen LogP contribution in [0.1, 0.15) is 59.8 Å². The number of thiazole rings is 1. The highest BCUT2D eigenvalue weighted by Crippen LogP contribution is 2.38. The first-order valence-corrected chi connectivity index (χ1v) is 10.0. The third-order valence-electron chi connectivity index (χ3n) is 3.92. The third-order valence-corrected chi connectivity index (χ3v) is 5.98. The van der Waals surface area contributed by atoms with Crippen LogP contribution in [-0.2, 0) is 6.42 Å². The van der Waals surface area contributed by atoms with Gasteiger partial charge in [-0.2, -0.15) is 0 Å². The van der Waals surface area contributed by atoms with E-state index >= 15 is 0 Å². The summed E-state index contributed by atoms with van der Waals surface area (Å²) in [7, 11) is 0. The molecule has 6 heteroatoms. The molecule has 0 radical (unpaired) electrons. The molecule has 0 fully saturated rings. The van der Waals surface area contributed by atoms with Crippen LogP contribution in [0.2, 0.25) is 0 Å². The SMILES string of the molecule is CC(C)Sc1cccc(C(=O)Nc2nc3c(s2)C(=O)CC(C)(C)C3)c1. The van der Waals surface area contributed by atoms with Gasteiger partial charge in [0.05, 0.1) is 10.6 Å². The van der Waals surface area contributed by atoms with Crippen LogP contribution < -0.4 is 5.32 Å². The third kappa shape index (κ3) is 4.30. The first-order valence-electron chi connectivity index (χ1n) is 8.34. The molecule has 1 amide bonds. The average molecular weight is 375 g/mol. The van der Waals surface area contributed by atoms with Gasteiger partial charge in [0.25, 0.3) is 5.91 Å². The summed E-state index contributed by atoms with van der Waals surface area (Å²) >= 11 is 3.00. The van der Waals surface area contributed by atoms with Crippen molar-refractivity contribution in [2.75, 3.05) is 5.32 Å². The number of ketones is 1. The lowest BCUT2D eigenvalue weighted by atomic mass is 9.78. The maximum Gasteiger partial charge on any atom is 0.257 e. The second-order valence-corrected chi connectivity index (χ2v) is 10.0. The molecule has 1 heterocycles. The van der Waals surface area contributed by atoms with Crippen LogP contribution in [0.15, 0.2) is 29.2 Å². The number of Topliss-reactive ketones (excluding diaryl/α,β-unsaturated/α-hetero) is 1. The number of carbonyl (C=O) groups is 2. The fourth-order valence-electron chi connectivity index (χ4n) is 2.93. The maximum atomic E-state index is 12.5. The second kappa shape index (κ2) is 6.92. The predicted octanol–water partition coefficient (Wildman–Crippen LogP) is 5.05. The van der Waals surface area contributed by atoms with Crippen LogP contribution in [0.3, 0.4) is 0 Å². The number of fused-ring (bicyclic) bond motifs is 1. The lowest BCUT2D eigenvalue weighted by Crippen LogP contribution is -2.26. The molecule has 1 aromatic carbocycles. The van der Waals surface area contributed by atoms with Crippen LogP contribution in [-0.4, -0.2) is 21.9 Å². The van der Waals surface area contributed by atoms with E-state index in [-0.39, 0.29) is 17.1 Å². The van der Waals surface area contributed by atoms with Gasteiger partial charge < -0.3 is 0 Å². The Morgan fingerprint density at radius 2 is 2.08 bits per heavy atom. The summed E-state index contributed by atoms with van der Waals surface area (Å²) in [5.41, 5.74) is 1.35. The number of thioether (sulfide) groups is 1. The molecule has 0 unspecified atom stereocenters. The minimum atomic E-state index is -0.191. The molecule has 1 aromatic heterocycles. The van der Waals surface area contributed by atoms with Crippen LogP contribution >= 0.6 is 23.1 Å². The van der Waals surface area contributed by atoms with E-state index in [1.807, 2.05) is 18.2 Å². The number of anilines is 1. The molecule has 3 rings (SSSR count). The Kier molecular flexibility index (Phi) is 5.02. The summed E-state index contributed by atoms with van der Waals surface area (Å²) in [5.74, 6) is -0.0661. The van der Waals surface area contributed by atoms with Gasteiger partial charge in [0, 0.05) is 22.1 Å². The number of benzene rings is 1. The molecule has 1 aliphatic carbocycles. The Morgan fingerprint density at radius 3 is 2.80 bits per heavy atom. The quantitative estimate of drug-likeness (QED) is 0.761. The predicted molar refractivity (Wildman–Crippen MR) is 104 cm³/mol. The van der Waals surface area contributed by atoms with Crippen LogP contribution in [0.25, 0.3) is 0 Å². The fraction of sp³-hybridized carbons (Fsp3) is 0.421. The van der Waals surface area contributed by atoms with E-state index in [9.17, 15) is 9.59 Å². The Morgan fingerprint density at radius 1 is 1.32 bits per heavy atom. The largest absolute Gasteiger partial charge is 0.298 e. The average Bonchev–Trinajstić information content (AvgIpc) is 2.88. The number of carbonyl (C=O) groups excluding carboxylic acids is 2. The van der Waals surface area contributed by atoms with Crippen molar-refractivity contribution in [3.63, 3.8) is 0 Å². The molecule has 0 aliphatic heterocycles. The zero-order valence-corrected chi connectivity index (χ0v) is 16.5. The van der Waals surface area contributed by atoms with E-state index in [0.29, 0.717) is 27.2 Å². The lowest BCUT2D eigenvalue weighted by molar-refractivity contribution is 0.0915. The van der Waals surface area contributed by atoms with Crippen LogP contribution in [0, 0.1) is 5.41 Å². The van der Waals surface area contributed by atoms with Crippen molar-refractivity contribution in [3.05, 3.63) is 40.4 Å². The molecule has 0 bridgehead atoms. The summed E-state index contributed by atoms with van der Waals surface area (Å²) < 4.78 is 0. The van der Waals surface area contributed by atoms with Crippen LogP contribution in [0.4, 0.5) is 5.13 Å². The molecule has 2 aromatic rings. The smallest absolute Gasteiger partial charge is 0.257 e. The van der Waals surface area contributed by atoms with Crippen molar-refractivity contribution in [1.82, 2.24) is 4.98 Å². The Balaban J connectivity index is 1.77. The minimum absolute atomic E-state index is 0.0676. The first-order chi connectivity index (χ1) is 11.7. The summed E-state index contributed by atoms with van der Waals surface area (Å²) in [6, 6.07) is 7.58. The van der Waals surface area contributed by atoms with E-state index in [2.05, 4.69) is 38.0 Å². The Bertz CT molecular complexity index is 825. The molecule has 0 spiro atoms. The Hall–Kier alpha value is -1.66. The molecule has 25 heavy (non-hydrogen) atoms. The zero-order valence-electron chi connectivity index (χ0n) is 14.9. The van der Waals surface area contributed by atoms with Crippen molar-refractivity contribution >= 4 is 39.9 Å². The highest BCUT2D eigenvalue weighted by atomic mass is 32.2. The van der Waals surface area contributed by atoms with Crippen molar-refractivity contribution in [2.45, 2.75) is 50.7 Å². The van der Waals surface area contributed by atoms with E-state index < -0.39 is 0 Å². The van der Waals surface area contributed by atoms with Gasteiger partial charge in [-0.25, -0.2) is 4.98 Å². The Labute approximate surface area is 156 Å². The van der Waals surface area contributed by atoms with E-state index in [0.717, 1.165) is 17.0 Å². The van der Waals surface area contributed by atoms with E-state index in [4.69, 9.17) is 0 Å². The summed E-state index contributed by atoms with van der Waals surface area (Å²) in [5, 5.41) is 3.81. The summed E-state index contributed by atoms with van der Waals surface area (Å²) in [6.45, 7) is 8.39. The molecule has 0 saturated heterocycles. The zero-order chi connectivity index (χ0) is 18.2. The van der Waals surface area contributed by atoms with Gasteiger partial charge in [0.15, 0.2) is 10.9 Å². The number of rotatable bonds is 4. The highest BCUT2D eigenvalue weighted by Gasteiger charge is 2.34. The van der Waals surface area contributed by atoms with Gasteiger partial charge in [-0.1, -0.05) is 45.1 Å². The number of hydrogen-bond acceptors (Lipinski definition) is 5. The molecule has 0 atom stereocenters. The van der Waals surface area contributed by atoms with Gasteiger partial charge in [-0.3, -0.25) is 14.9 Å². The van der Waals surface area contributed by atoms with Crippen molar-refractivity contribution in [3.8, 4) is 0 Å². The molecular weight excluding hydrogens is 352 g/mol. The lowest BCUT2D eigenvalue weighted by Gasteiger charge is -2.26. The van der Waals surface area contributed by atoms with Crippen molar-refractivity contribution in [2.24, 2.45) is 5.41 Å². The monoisotopic (exact) mass is 374 g/mol. The number of amides is 1. The number of aromatic nitrogens is 1. The van der Waals surface area contributed by atoms with Gasteiger partial charge >= 0.3 is 0 Å². The number of nitrogens with one attached hydrogen (secondary N) is 1. The first kappa shape index (κ1) is 18.1. The fourth-order valence-corrected chi connectivity index (χ4v) is 4.74. The second-order valence-electron chi connectivity index (χ2n) is 7.38. The molecule has 132 valence electrons. The van der Waals surface area contributed by atoms with Gasteiger partial charge in [0.2, 0.25) is 0 Å². The van der Waals surface area contributed by atoms with E-state index in [1.165, 1.54) is 11.3 Å². The summed E-state index contributed by atoms with van der Waals surface area (Å²) in [4.78, 5) is 31.1. The number of hydrogen-bond donors (Lipinski definition) is 1. The topological polar surface area (TPSA) is 59.1 Å². The van der Waals surface area contributed by atoms with Crippen LogP contribution in [0.5, 0.6) is 0 Å². The minimum Gasteiger partial charge on any atom is -0.298 e. The summed E-state index contributed by atoms with van der Waals surface area (Å²) in [6.07, 6.45) is 1.30. The molecule has 1 N–H and O–H groups in total. The molecule has 4 nitrogen and oxygen atoms in total. The van der Waals surface area contributed by atoms with Crippen molar-refractivity contribution < 1.29 is 9.59 Å². The molecule has 0 saturated carbocycles.